The van der Waals surface area contributed by atoms with Gasteiger partial charge in [0.25, 0.3) is 0 Å². The molecule has 1 aliphatic rings. The van der Waals surface area contributed by atoms with E-state index in [9.17, 15) is 4.79 Å². The maximum Gasteiger partial charge on any atom is 0.223 e. The van der Waals surface area contributed by atoms with Crippen LogP contribution in [-0.4, -0.2) is 30.9 Å². The zero-order valence-corrected chi connectivity index (χ0v) is 11.4. The Bertz CT molecular complexity index is 449. The molecule has 1 aromatic carbocycles. The van der Waals surface area contributed by atoms with Crippen LogP contribution in [0.4, 0.5) is 0 Å². The number of nitrogens with two attached hydrogens (primary N) is 1. The zero-order valence-electron chi connectivity index (χ0n) is 10.7. The van der Waals surface area contributed by atoms with E-state index in [1.54, 1.807) is 4.90 Å². The number of amides is 1. The fourth-order valence-corrected chi connectivity index (χ4v) is 2.84. The maximum atomic E-state index is 12.1. The van der Waals surface area contributed by atoms with Gasteiger partial charge in [-0.2, -0.15) is 0 Å². The normalized spacial score (nSPS) is 25.1. The third kappa shape index (κ3) is 2.52. The topological polar surface area (TPSA) is 46.3 Å². The Labute approximate surface area is 113 Å². The molecule has 1 saturated heterocycles. The SMILES string of the molecule is CN1CCCC(CN)(c2cccc(Cl)c2)CC1=O. The molecule has 1 aromatic rings. The third-order valence-electron chi connectivity index (χ3n) is 3.89. The molecule has 4 heteroatoms. The first-order chi connectivity index (χ1) is 8.57. The molecule has 1 atom stereocenters. The summed E-state index contributed by atoms with van der Waals surface area (Å²) >= 11 is 6.05. The van der Waals surface area contributed by atoms with Crippen LogP contribution in [0, 0.1) is 0 Å². The van der Waals surface area contributed by atoms with Crippen molar-refractivity contribution in [2.75, 3.05) is 20.1 Å². The van der Waals surface area contributed by atoms with Crippen LogP contribution in [0.1, 0.15) is 24.8 Å². The Morgan fingerprint density at radius 2 is 2.28 bits per heavy atom. The molecule has 0 radical (unpaired) electrons. The van der Waals surface area contributed by atoms with E-state index in [0.29, 0.717) is 18.0 Å². The van der Waals surface area contributed by atoms with Gasteiger partial charge in [-0.1, -0.05) is 23.7 Å². The molecule has 2 N–H and O–H groups in total. The van der Waals surface area contributed by atoms with Crippen molar-refractivity contribution in [3.8, 4) is 0 Å². The van der Waals surface area contributed by atoms with E-state index in [0.717, 1.165) is 24.9 Å². The van der Waals surface area contributed by atoms with Gasteiger partial charge in [-0.3, -0.25) is 4.79 Å². The minimum atomic E-state index is -0.257. The quantitative estimate of drug-likeness (QED) is 0.892. The van der Waals surface area contributed by atoms with Gasteiger partial charge in [0.15, 0.2) is 0 Å². The number of carbonyl (C=O) groups excluding carboxylic acids is 1. The van der Waals surface area contributed by atoms with Crippen LogP contribution in [0.15, 0.2) is 24.3 Å². The summed E-state index contributed by atoms with van der Waals surface area (Å²) in [6.07, 6.45) is 2.38. The number of rotatable bonds is 2. The average molecular weight is 267 g/mol. The van der Waals surface area contributed by atoms with Gasteiger partial charge in [0.1, 0.15) is 0 Å². The van der Waals surface area contributed by atoms with Gasteiger partial charge in [-0.05, 0) is 30.5 Å². The molecule has 1 unspecified atom stereocenters. The highest BCUT2D eigenvalue weighted by Crippen LogP contribution is 2.35. The van der Waals surface area contributed by atoms with Crippen LogP contribution >= 0.6 is 11.6 Å². The van der Waals surface area contributed by atoms with Crippen molar-refractivity contribution >= 4 is 17.5 Å². The van der Waals surface area contributed by atoms with E-state index in [1.165, 1.54) is 0 Å². The van der Waals surface area contributed by atoms with Crippen molar-refractivity contribution in [2.24, 2.45) is 5.73 Å². The molecule has 98 valence electrons. The number of nitrogens with zero attached hydrogens (tertiary/aromatic N) is 1. The van der Waals surface area contributed by atoms with Gasteiger partial charge in [-0.25, -0.2) is 0 Å². The Morgan fingerprint density at radius 1 is 1.50 bits per heavy atom. The molecule has 0 bridgehead atoms. The minimum Gasteiger partial charge on any atom is -0.346 e. The summed E-state index contributed by atoms with van der Waals surface area (Å²) in [7, 11) is 1.85. The lowest BCUT2D eigenvalue weighted by Gasteiger charge is -2.31. The summed E-state index contributed by atoms with van der Waals surface area (Å²) in [6.45, 7) is 1.29. The Morgan fingerprint density at radius 3 is 2.94 bits per heavy atom. The Balaban J connectivity index is 2.38. The van der Waals surface area contributed by atoms with Crippen LogP contribution in [0.2, 0.25) is 5.02 Å². The van der Waals surface area contributed by atoms with Crippen molar-refractivity contribution in [1.82, 2.24) is 4.90 Å². The maximum absolute atomic E-state index is 12.1. The Hall–Kier alpha value is -1.06. The molecule has 1 amide bonds. The van der Waals surface area contributed by atoms with Gasteiger partial charge < -0.3 is 10.6 Å². The van der Waals surface area contributed by atoms with E-state index in [-0.39, 0.29) is 11.3 Å². The summed E-state index contributed by atoms with van der Waals surface area (Å²) in [6, 6.07) is 7.73. The van der Waals surface area contributed by atoms with Crippen LogP contribution in [0.5, 0.6) is 0 Å². The molecule has 0 aromatic heterocycles. The summed E-state index contributed by atoms with van der Waals surface area (Å²) in [5.74, 6) is 0.165. The second-order valence-electron chi connectivity index (χ2n) is 5.09. The molecule has 3 nitrogen and oxygen atoms in total. The lowest BCUT2D eigenvalue weighted by molar-refractivity contribution is -0.130. The monoisotopic (exact) mass is 266 g/mol. The first-order valence-electron chi connectivity index (χ1n) is 6.27. The highest BCUT2D eigenvalue weighted by Gasteiger charge is 2.36. The molecule has 18 heavy (non-hydrogen) atoms. The highest BCUT2D eigenvalue weighted by molar-refractivity contribution is 6.30. The molecule has 1 heterocycles. The number of benzene rings is 1. The number of halogens is 1. The summed E-state index contributed by atoms with van der Waals surface area (Å²) in [4.78, 5) is 13.9. The number of hydrogen-bond acceptors (Lipinski definition) is 2. The smallest absolute Gasteiger partial charge is 0.223 e. The predicted octanol–water partition coefficient (Wildman–Crippen LogP) is 2.18. The number of likely N-dealkylation sites (tertiary alicyclic amines) is 1. The van der Waals surface area contributed by atoms with Gasteiger partial charge in [0.2, 0.25) is 5.91 Å². The fourth-order valence-electron chi connectivity index (χ4n) is 2.65. The second-order valence-corrected chi connectivity index (χ2v) is 5.53. The molecule has 0 saturated carbocycles. The van der Waals surface area contributed by atoms with Crippen LogP contribution in [0.25, 0.3) is 0 Å². The van der Waals surface area contributed by atoms with E-state index < -0.39 is 0 Å². The van der Waals surface area contributed by atoms with Gasteiger partial charge in [-0.15, -0.1) is 0 Å². The second kappa shape index (κ2) is 5.29. The average Bonchev–Trinajstić information content (AvgIpc) is 2.50. The fraction of sp³-hybridized carbons (Fsp3) is 0.500. The lowest BCUT2D eigenvalue weighted by Crippen LogP contribution is -2.38. The Kier molecular flexibility index (Phi) is 3.93. The molecular weight excluding hydrogens is 248 g/mol. The van der Waals surface area contributed by atoms with E-state index in [2.05, 4.69) is 0 Å². The molecular formula is C14H19ClN2O. The molecule has 2 rings (SSSR count). The minimum absolute atomic E-state index is 0.165. The largest absolute Gasteiger partial charge is 0.346 e. The van der Waals surface area contributed by atoms with Crippen LogP contribution in [0.3, 0.4) is 0 Å². The van der Waals surface area contributed by atoms with E-state index in [1.807, 2.05) is 31.3 Å². The number of carbonyl (C=O) groups is 1. The first kappa shape index (κ1) is 13.4. The molecule has 1 fully saturated rings. The summed E-state index contributed by atoms with van der Waals surface area (Å²) < 4.78 is 0. The first-order valence-corrected chi connectivity index (χ1v) is 6.65. The van der Waals surface area contributed by atoms with E-state index in [4.69, 9.17) is 17.3 Å². The van der Waals surface area contributed by atoms with Crippen LogP contribution in [-0.2, 0) is 10.2 Å². The molecule has 0 spiro atoms. The lowest BCUT2D eigenvalue weighted by atomic mass is 9.74. The van der Waals surface area contributed by atoms with Crippen molar-refractivity contribution in [3.05, 3.63) is 34.9 Å². The highest BCUT2D eigenvalue weighted by atomic mass is 35.5. The van der Waals surface area contributed by atoms with Crippen molar-refractivity contribution in [3.63, 3.8) is 0 Å². The number of hydrogen-bond donors (Lipinski definition) is 1. The third-order valence-corrected chi connectivity index (χ3v) is 4.13. The van der Waals surface area contributed by atoms with Crippen molar-refractivity contribution in [1.29, 1.82) is 0 Å². The zero-order chi connectivity index (χ0) is 13.2. The molecule has 0 aliphatic carbocycles. The summed E-state index contributed by atoms with van der Waals surface area (Å²) in [5, 5.41) is 0.699. The van der Waals surface area contributed by atoms with Gasteiger partial charge in [0.05, 0.1) is 0 Å². The van der Waals surface area contributed by atoms with E-state index >= 15 is 0 Å². The van der Waals surface area contributed by atoms with Crippen molar-refractivity contribution < 1.29 is 4.79 Å². The predicted molar refractivity (Wildman–Crippen MR) is 73.7 cm³/mol. The van der Waals surface area contributed by atoms with Gasteiger partial charge >= 0.3 is 0 Å². The van der Waals surface area contributed by atoms with Crippen LogP contribution < -0.4 is 5.73 Å². The van der Waals surface area contributed by atoms with Gasteiger partial charge in [0, 0.05) is 37.0 Å². The molecule has 1 aliphatic heterocycles. The summed E-state index contributed by atoms with van der Waals surface area (Å²) in [5.41, 5.74) is 6.81. The van der Waals surface area contributed by atoms with Crippen molar-refractivity contribution in [2.45, 2.75) is 24.7 Å². The standard InChI is InChI=1S/C14H19ClN2O/c1-17-7-3-6-14(10-16,9-13(17)18)11-4-2-5-12(15)8-11/h2,4-5,8H,3,6-7,9-10,16H2,1H3.